The topological polar surface area (TPSA) is 35.5 Å². The van der Waals surface area contributed by atoms with Crippen molar-refractivity contribution in [2.45, 2.75) is 32.2 Å². The first-order valence-corrected chi connectivity index (χ1v) is 7.95. The van der Waals surface area contributed by atoms with Crippen LogP contribution in [0.3, 0.4) is 0 Å². The fraction of sp³-hybridized carbons (Fsp3) is 0.600. The molecule has 0 aromatic heterocycles. The van der Waals surface area contributed by atoms with Gasteiger partial charge >= 0.3 is 0 Å². The smallest absolute Gasteiger partial charge is 0.120 e. The minimum atomic E-state index is 0.333. The molecule has 0 radical (unpaired) electrons. The van der Waals surface area contributed by atoms with Gasteiger partial charge in [-0.15, -0.1) is 0 Å². The Hall–Kier alpha value is -0.580. The first kappa shape index (κ1) is 14.8. The molecule has 1 fully saturated rings. The second-order valence-corrected chi connectivity index (χ2v) is 6.06. The Bertz CT molecular complexity index is 405. The molecule has 19 heavy (non-hydrogen) atoms. The fourth-order valence-corrected chi connectivity index (χ4v) is 3.10. The summed E-state index contributed by atoms with van der Waals surface area (Å²) in [6, 6.07) is 6.09. The molecule has 3 nitrogen and oxygen atoms in total. The first-order valence-electron chi connectivity index (χ1n) is 7.15. The van der Waals surface area contributed by atoms with E-state index in [-0.39, 0.29) is 0 Å². The van der Waals surface area contributed by atoms with Crippen molar-refractivity contribution in [2.75, 3.05) is 26.2 Å². The van der Waals surface area contributed by atoms with Crippen LogP contribution >= 0.6 is 15.9 Å². The van der Waals surface area contributed by atoms with Crippen LogP contribution in [0.2, 0.25) is 0 Å². The Morgan fingerprint density at radius 3 is 2.79 bits per heavy atom. The third-order valence-corrected chi connectivity index (χ3v) is 4.27. The molecule has 0 amide bonds. The molecule has 1 aliphatic rings. The largest absolute Gasteiger partial charge is 0.508 e. The maximum atomic E-state index is 10.2. The van der Waals surface area contributed by atoms with Crippen molar-refractivity contribution in [3.8, 4) is 5.75 Å². The van der Waals surface area contributed by atoms with E-state index in [1.54, 1.807) is 6.07 Å². The van der Waals surface area contributed by atoms with Gasteiger partial charge in [-0.2, -0.15) is 0 Å². The Labute approximate surface area is 124 Å². The van der Waals surface area contributed by atoms with E-state index in [1.165, 1.54) is 12.8 Å². The molecule has 0 spiro atoms. The van der Waals surface area contributed by atoms with Crippen LogP contribution < -0.4 is 5.32 Å². The van der Waals surface area contributed by atoms with Crippen molar-refractivity contribution < 1.29 is 5.11 Å². The number of phenolic OH excluding ortho intramolecular Hbond substituents is 1. The lowest BCUT2D eigenvalue weighted by Gasteiger charge is -2.35. The highest BCUT2D eigenvalue weighted by Crippen LogP contribution is 2.34. The number of unbranched alkanes of at least 4 members (excludes halogenated alkanes) is 1. The lowest BCUT2D eigenvalue weighted by molar-refractivity contribution is 0.160. The number of halogens is 1. The minimum absolute atomic E-state index is 0.333. The van der Waals surface area contributed by atoms with Gasteiger partial charge in [0.05, 0.1) is 0 Å². The molecule has 2 N–H and O–H groups in total. The second kappa shape index (κ2) is 7.27. The molecule has 0 unspecified atom stereocenters. The standard InChI is InChI=1S/C15H23BrN2O/c1-2-3-4-14(18-9-7-17-8-10-18)13-11-12(16)5-6-15(13)19/h5-6,11,14,17,19H,2-4,7-10H2,1H3/t14-/m1/s1. The zero-order chi connectivity index (χ0) is 13.7. The monoisotopic (exact) mass is 326 g/mol. The Morgan fingerprint density at radius 2 is 2.11 bits per heavy atom. The SMILES string of the molecule is CCCC[C@H](c1cc(Br)ccc1O)N1CCNCC1. The quantitative estimate of drug-likeness (QED) is 0.871. The van der Waals surface area contributed by atoms with Gasteiger partial charge in [0, 0.05) is 42.3 Å². The third-order valence-electron chi connectivity index (χ3n) is 3.77. The molecular formula is C15H23BrN2O. The van der Waals surface area contributed by atoms with Crippen LogP contribution in [0.25, 0.3) is 0 Å². The van der Waals surface area contributed by atoms with E-state index in [1.807, 2.05) is 6.07 Å². The van der Waals surface area contributed by atoms with Crippen molar-refractivity contribution in [1.29, 1.82) is 0 Å². The molecule has 0 aliphatic carbocycles. The van der Waals surface area contributed by atoms with E-state index in [0.29, 0.717) is 11.8 Å². The Morgan fingerprint density at radius 1 is 1.37 bits per heavy atom. The average Bonchev–Trinajstić information content (AvgIpc) is 2.44. The Balaban J connectivity index is 2.22. The van der Waals surface area contributed by atoms with Crippen LogP contribution in [0.4, 0.5) is 0 Å². The lowest BCUT2D eigenvalue weighted by atomic mass is 9.98. The van der Waals surface area contributed by atoms with Gasteiger partial charge in [0.1, 0.15) is 5.75 Å². The van der Waals surface area contributed by atoms with Crippen LogP contribution in [0.5, 0.6) is 5.75 Å². The molecule has 0 bridgehead atoms. The molecule has 1 heterocycles. The molecule has 1 aliphatic heterocycles. The summed E-state index contributed by atoms with van der Waals surface area (Å²) >= 11 is 3.51. The molecule has 1 aromatic carbocycles. The molecule has 1 saturated heterocycles. The molecule has 106 valence electrons. The van der Waals surface area contributed by atoms with Gasteiger partial charge in [-0.25, -0.2) is 0 Å². The summed E-state index contributed by atoms with van der Waals surface area (Å²) in [5.41, 5.74) is 1.06. The predicted octanol–water partition coefficient (Wildman–Crippen LogP) is 3.29. The minimum Gasteiger partial charge on any atom is -0.508 e. The van der Waals surface area contributed by atoms with Crippen molar-refractivity contribution in [3.63, 3.8) is 0 Å². The van der Waals surface area contributed by atoms with E-state index in [4.69, 9.17) is 0 Å². The fourth-order valence-electron chi connectivity index (χ4n) is 2.72. The highest BCUT2D eigenvalue weighted by atomic mass is 79.9. The summed E-state index contributed by atoms with van der Waals surface area (Å²) < 4.78 is 1.04. The van der Waals surface area contributed by atoms with Crippen LogP contribution in [0.15, 0.2) is 22.7 Å². The first-order chi connectivity index (χ1) is 9.22. The van der Waals surface area contributed by atoms with Gasteiger partial charge in [-0.3, -0.25) is 4.90 Å². The number of hydrogen-bond acceptors (Lipinski definition) is 3. The van der Waals surface area contributed by atoms with E-state index < -0.39 is 0 Å². The second-order valence-electron chi connectivity index (χ2n) is 5.15. The normalized spacial score (nSPS) is 18.4. The summed E-state index contributed by atoms with van der Waals surface area (Å²) in [5, 5.41) is 13.6. The molecule has 1 atom stereocenters. The Kier molecular flexibility index (Phi) is 5.67. The summed E-state index contributed by atoms with van der Waals surface area (Å²) in [6.45, 7) is 6.41. The maximum Gasteiger partial charge on any atom is 0.120 e. The number of piperazine rings is 1. The van der Waals surface area contributed by atoms with Crippen LogP contribution in [-0.4, -0.2) is 36.2 Å². The van der Waals surface area contributed by atoms with Gasteiger partial charge in [0.2, 0.25) is 0 Å². The molecule has 1 aromatic rings. The number of nitrogens with zero attached hydrogens (tertiary/aromatic N) is 1. The van der Waals surface area contributed by atoms with Crippen LogP contribution in [0, 0.1) is 0 Å². The van der Waals surface area contributed by atoms with Crippen molar-refractivity contribution in [3.05, 3.63) is 28.2 Å². The molecular weight excluding hydrogens is 304 g/mol. The maximum absolute atomic E-state index is 10.2. The van der Waals surface area contributed by atoms with Crippen molar-refractivity contribution >= 4 is 15.9 Å². The number of phenols is 1. The van der Waals surface area contributed by atoms with E-state index in [0.717, 1.165) is 42.6 Å². The van der Waals surface area contributed by atoms with Gasteiger partial charge in [-0.05, 0) is 24.6 Å². The van der Waals surface area contributed by atoms with Crippen LogP contribution in [0.1, 0.15) is 37.8 Å². The van der Waals surface area contributed by atoms with Gasteiger partial charge in [0.25, 0.3) is 0 Å². The average molecular weight is 327 g/mol. The van der Waals surface area contributed by atoms with Gasteiger partial charge < -0.3 is 10.4 Å². The summed E-state index contributed by atoms with van der Waals surface area (Å²) in [5.74, 6) is 0.419. The lowest BCUT2D eigenvalue weighted by Crippen LogP contribution is -2.45. The van der Waals surface area contributed by atoms with E-state index in [9.17, 15) is 5.11 Å². The number of hydrogen-bond donors (Lipinski definition) is 2. The predicted molar refractivity (Wildman–Crippen MR) is 82.5 cm³/mol. The van der Waals surface area contributed by atoms with Crippen LogP contribution in [-0.2, 0) is 0 Å². The third kappa shape index (κ3) is 3.94. The van der Waals surface area contributed by atoms with Crippen molar-refractivity contribution in [2.24, 2.45) is 0 Å². The molecule has 4 heteroatoms. The van der Waals surface area contributed by atoms with Crippen molar-refractivity contribution in [1.82, 2.24) is 10.2 Å². The number of benzene rings is 1. The molecule has 2 rings (SSSR count). The summed E-state index contributed by atoms with van der Waals surface area (Å²) in [7, 11) is 0. The number of nitrogens with one attached hydrogen (secondary N) is 1. The zero-order valence-corrected chi connectivity index (χ0v) is 13.1. The zero-order valence-electron chi connectivity index (χ0n) is 11.5. The highest BCUT2D eigenvalue weighted by Gasteiger charge is 2.24. The summed E-state index contributed by atoms with van der Waals surface area (Å²) in [6.07, 6.45) is 3.50. The van der Waals surface area contributed by atoms with Gasteiger partial charge in [-0.1, -0.05) is 35.7 Å². The van der Waals surface area contributed by atoms with E-state index in [2.05, 4.69) is 39.1 Å². The summed E-state index contributed by atoms with van der Waals surface area (Å²) in [4.78, 5) is 2.49. The number of aromatic hydroxyl groups is 1. The number of rotatable bonds is 5. The van der Waals surface area contributed by atoms with E-state index >= 15 is 0 Å². The van der Waals surface area contributed by atoms with Gasteiger partial charge in [0.15, 0.2) is 0 Å². The molecule has 0 saturated carbocycles. The highest BCUT2D eigenvalue weighted by molar-refractivity contribution is 9.10.